The minimum atomic E-state index is -3.39. The van der Waals surface area contributed by atoms with Crippen LogP contribution in [0.1, 0.15) is 13.8 Å². The molecule has 0 amide bonds. The molecular formula is C7H13IO5S. The Balaban J connectivity index is 2.35. The zero-order valence-electron chi connectivity index (χ0n) is 8.03. The molecular weight excluding hydrogens is 323 g/mol. The summed E-state index contributed by atoms with van der Waals surface area (Å²) in [5, 5.41) is 0. The summed E-state index contributed by atoms with van der Waals surface area (Å²) in [5.41, 5.74) is 0. The molecule has 1 rings (SSSR count). The van der Waals surface area contributed by atoms with Crippen LogP contribution in [-0.4, -0.2) is 37.3 Å². The van der Waals surface area contributed by atoms with E-state index in [4.69, 9.17) is 13.7 Å². The van der Waals surface area contributed by atoms with Crippen molar-refractivity contribution >= 4 is 32.7 Å². The van der Waals surface area contributed by atoms with Crippen molar-refractivity contribution in [1.82, 2.24) is 0 Å². The molecule has 0 aliphatic carbocycles. The first-order valence-corrected chi connectivity index (χ1v) is 7.20. The molecule has 1 heterocycles. The summed E-state index contributed by atoms with van der Waals surface area (Å²) in [6, 6.07) is 0. The van der Waals surface area contributed by atoms with E-state index < -0.39 is 15.9 Å². The van der Waals surface area contributed by atoms with Gasteiger partial charge in [0.1, 0.15) is 9.86 Å². The van der Waals surface area contributed by atoms with Crippen molar-refractivity contribution in [2.75, 3.05) is 17.0 Å². The fraction of sp³-hybridized carbons (Fsp3) is 1.00. The molecule has 0 aromatic heterocycles. The van der Waals surface area contributed by atoms with E-state index in [2.05, 4.69) is 0 Å². The minimum absolute atomic E-state index is 0.0226. The Bertz CT molecular complexity index is 286. The van der Waals surface area contributed by atoms with Gasteiger partial charge in [-0.3, -0.25) is 4.18 Å². The molecule has 1 aliphatic rings. The van der Waals surface area contributed by atoms with Gasteiger partial charge >= 0.3 is 0 Å². The molecule has 14 heavy (non-hydrogen) atoms. The second-order valence-corrected chi connectivity index (χ2v) is 6.84. The lowest BCUT2D eigenvalue weighted by molar-refractivity contribution is -0.141. The van der Waals surface area contributed by atoms with Gasteiger partial charge < -0.3 is 9.47 Å². The average molecular weight is 336 g/mol. The average Bonchev–Trinajstić information content (AvgIpc) is 2.43. The molecule has 0 unspecified atom stereocenters. The Morgan fingerprint density at radius 1 is 1.57 bits per heavy atom. The topological polar surface area (TPSA) is 61.8 Å². The van der Waals surface area contributed by atoms with Gasteiger partial charge in [-0.15, -0.1) is 0 Å². The summed E-state index contributed by atoms with van der Waals surface area (Å²) < 4.78 is 37.3. The predicted octanol–water partition coefficient (Wildman–Crippen LogP) is 0.877. The number of ether oxygens (including phenoxy) is 2. The van der Waals surface area contributed by atoms with Crippen LogP contribution < -0.4 is 0 Å². The highest BCUT2D eigenvalue weighted by Crippen LogP contribution is 2.22. The van der Waals surface area contributed by atoms with Gasteiger partial charge in [0.05, 0.1) is 13.2 Å². The van der Waals surface area contributed by atoms with Crippen molar-refractivity contribution in [2.24, 2.45) is 0 Å². The van der Waals surface area contributed by atoms with Crippen LogP contribution in [0.15, 0.2) is 0 Å². The van der Waals surface area contributed by atoms with Crippen molar-refractivity contribution in [2.45, 2.75) is 25.7 Å². The summed E-state index contributed by atoms with van der Waals surface area (Å²) in [5.74, 6) is -0.637. The van der Waals surface area contributed by atoms with Crippen LogP contribution in [0.5, 0.6) is 0 Å². The largest absolute Gasteiger partial charge is 0.348 e. The van der Waals surface area contributed by atoms with Crippen LogP contribution in [0, 0.1) is 0 Å². The Kier molecular flexibility index (Phi) is 4.15. The van der Waals surface area contributed by atoms with Gasteiger partial charge in [0, 0.05) is 0 Å². The van der Waals surface area contributed by atoms with Gasteiger partial charge in [0.15, 0.2) is 5.79 Å². The maximum atomic E-state index is 11.0. The summed E-state index contributed by atoms with van der Waals surface area (Å²) in [7, 11) is -3.39. The number of halogens is 1. The van der Waals surface area contributed by atoms with E-state index in [-0.39, 0.29) is 16.5 Å². The maximum absolute atomic E-state index is 11.0. The molecule has 1 aliphatic heterocycles. The zero-order chi connectivity index (χ0) is 10.8. The fourth-order valence-corrected chi connectivity index (χ4v) is 2.02. The number of hydrogen-bond acceptors (Lipinski definition) is 5. The quantitative estimate of drug-likeness (QED) is 0.433. The molecule has 0 radical (unpaired) electrons. The zero-order valence-corrected chi connectivity index (χ0v) is 11.0. The Morgan fingerprint density at radius 3 is 2.64 bits per heavy atom. The molecule has 1 saturated heterocycles. The van der Waals surface area contributed by atoms with Crippen LogP contribution in [0.2, 0.25) is 0 Å². The highest BCUT2D eigenvalue weighted by atomic mass is 127. The Labute approximate surface area is 97.4 Å². The van der Waals surface area contributed by atoms with E-state index in [1.54, 1.807) is 36.4 Å². The Hall–Kier alpha value is 0.560. The van der Waals surface area contributed by atoms with Crippen molar-refractivity contribution in [3.05, 3.63) is 0 Å². The molecule has 0 bridgehead atoms. The molecule has 0 aromatic carbocycles. The third kappa shape index (κ3) is 3.97. The second kappa shape index (κ2) is 4.60. The minimum Gasteiger partial charge on any atom is -0.348 e. The molecule has 0 spiro atoms. The molecule has 0 aromatic rings. The van der Waals surface area contributed by atoms with Crippen molar-refractivity contribution in [1.29, 1.82) is 0 Å². The lowest BCUT2D eigenvalue weighted by atomic mass is 10.4. The van der Waals surface area contributed by atoms with Gasteiger partial charge in [-0.25, -0.2) is 0 Å². The van der Waals surface area contributed by atoms with Crippen LogP contribution >= 0.6 is 22.6 Å². The molecule has 7 heteroatoms. The van der Waals surface area contributed by atoms with Crippen molar-refractivity contribution < 1.29 is 22.1 Å². The fourth-order valence-electron chi connectivity index (χ4n) is 1.06. The van der Waals surface area contributed by atoms with E-state index in [9.17, 15) is 8.42 Å². The molecule has 0 saturated carbocycles. The molecule has 84 valence electrons. The Morgan fingerprint density at radius 2 is 2.21 bits per heavy atom. The van der Waals surface area contributed by atoms with E-state index >= 15 is 0 Å². The normalized spacial score (nSPS) is 26.6. The number of alkyl halides is 1. The van der Waals surface area contributed by atoms with Crippen molar-refractivity contribution in [3.8, 4) is 0 Å². The summed E-state index contributed by atoms with van der Waals surface area (Å²) in [6.45, 7) is 3.94. The maximum Gasteiger partial charge on any atom is 0.276 e. The van der Waals surface area contributed by atoms with Crippen molar-refractivity contribution in [3.63, 3.8) is 0 Å². The first kappa shape index (κ1) is 12.6. The van der Waals surface area contributed by atoms with E-state index in [1.807, 2.05) is 0 Å². The van der Waals surface area contributed by atoms with E-state index in [0.717, 1.165) is 0 Å². The van der Waals surface area contributed by atoms with Crippen LogP contribution in [0.25, 0.3) is 0 Å². The van der Waals surface area contributed by atoms with Gasteiger partial charge in [-0.1, -0.05) is 22.6 Å². The van der Waals surface area contributed by atoms with Gasteiger partial charge in [-0.2, -0.15) is 8.42 Å². The first-order valence-electron chi connectivity index (χ1n) is 4.09. The third-order valence-electron chi connectivity index (χ3n) is 1.63. The molecule has 0 N–H and O–H groups in total. The summed E-state index contributed by atoms with van der Waals surface area (Å²) in [6.07, 6.45) is -0.303. The van der Waals surface area contributed by atoms with Gasteiger partial charge in [0.25, 0.3) is 10.1 Å². The lowest BCUT2D eigenvalue weighted by Crippen LogP contribution is -2.25. The van der Waals surface area contributed by atoms with Crippen LogP contribution in [0.4, 0.5) is 0 Å². The molecule has 1 fully saturated rings. The highest BCUT2D eigenvalue weighted by Gasteiger charge is 2.33. The van der Waals surface area contributed by atoms with Crippen LogP contribution in [-0.2, 0) is 23.8 Å². The SMILES string of the molecule is CC1(C)OC[C@@H](COS(=O)(=O)CI)O1. The standard InChI is InChI=1S/C7H13IO5S/c1-7(2)11-3-6(13-7)4-12-14(9,10)5-8/h6H,3-5H2,1-2H3/t6-/m0/s1. The summed E-state index contributed by atoms with van der Waals surface area (Å²) >= 11 is 1.74. The predicted molar refractivity (Wildman–Crippen MR) is 58.7 cm³/mol. The van der Waals surface area contributed by atoms with Gasteiger partial charge in [0.2, 0.25) is 0 Å². The summed E-state index contributed by atoms with van der Waals surface area (Å²) in [4.78, 5) is 0. The monoisotopic (exact) mass is 336 g/mol. The van der Waals surface area contributed by atoms with Crippen LogP contribution in [0.3, 0.4) is 0 Å². The third-order valence-corrected chi connectivity index (χ3v) is 4.69. The second-order valence-electron chi connectivity index (χ2n) is 3.40. The molecule has 1 atom stereocenters. The number of hydrogen-bond donors (Lipinski definition) is 0. The highest BCUT2D eigenvalue weighted by molar-refractivity contribution is 14.1. The number of rotatable bonds is 4. The smallest absolute Gasteiger partial charge is 0.276 e. The first-order chi connectivity index (χ1) is 6.35. The van der Waals surface area contributed by atoms with Gasteiger partial charge in [-0.05, 0) is 13.8 Å². The lowest BCUT2D eigenvalue weighted by Gasteiger charge is -2.16. The van der Waals surface area contributed by atoms with E-state index in [1.165, 1.54) is 0 Å². The van der Waals surface area contributed by atoms with E-state index in [0.29, 0.717) is 6.61 Å². The molecule has 5 nitrogen and oxygen atoms in total.